The number of aromatic nitrogens is 2. The van der Waals surface area contributed by atoms with Crippen LogP contribution < -0.4 is 15.4 Å². The van der Waals surface area contributed by atoms with Crippen LogP contribution in [0.4, 0.5) is 15.8 Å². The van der Waals surface area contributed by atoms with Gasteiger partial charge >= 0.3 is 0 Å². The van der Waals surface area contributed by atoms with Crippen molar-refractivity contribution in [3.63, 3.8) is 0 Å². The topological polar surface area (TPSA) is 91.0 Å². The molecule has 0 aliphatic rings. The Morgan fingerprint density at radius 3 is 2.53 bits per heavy atom. The van der Waals surface area contributed by atoms with E-state index in [0.717, 1.165) is 16.9 Å². The highest BCUT2D eigenvalue weighted by molar-refractivity contribution is 5.95. The molecule has 0 bridgehead atoms. The molecule has 0 aliphatic carbocycles. The van der Waals surface area contributed by atoms with Gasteiger partial charge in [-0.15, -0.1) is 0 Å². The average molecular weight is 429 g/mol. The zero-order valence-corrected chi connectivity index (χ0v) is 17.7. The first-order valence-electron chi connectivity index (χ1n) is 10.3. The van der Waals surface area contributed by atoms with E-state index in [1.54, 1.807) is 24.3 Å². The summed E-state index contributed by atoms with van der Waals surface area (Å²) >= 11 is 0. The summed E-state index contributed by atoms with van der Waals surface area (Å²) in [5, 5.41) is 7.62. The van der Waals surface area contributed by atoms with Crippen LogP contribution in [0.1, 0.15) is 18.3 Å². The number of nitrogens with zero attached hydrogens (tertiary/aromatic N) is 2. The number of imidazole rings is 1. The zero-order chi connectivity index (χ0) is 22.5. The third-order valence-corrected chi connectivity index (χ3v) is 5.02. The Morgan fingerprint density at radius 1 is 1.09 bits per heavy atom. The van der Waals surface area contributed by atoms with Gasteiger partial charge in [-0.2, -0.15) is 0 Å². The van der Waals surface area contributed by atoms with Crippen LogP contribution in [-0.2, 0) is 6.54 Å². The Hall–Kier alpha value is -4.13. The molecule has 0 atom stereocenters. The van der Waals surface area contributed by atoms with Crippen molar-refractivity contribution in [2.24, 2.45) is 5.73 Å². The fourth-order valence-corrected chi connectivity index (χ4v) is 3.44. The summed E-state index contributed by atoms with van der Waals surface area (Å²) in [6.07, 6.45) is 1.84. The van der Waals surface area contributed by atoms with E-state index in [1.807, 2.05) is 60.5 Å². The molecule has 1 heterocycles. The van der Waals surface area contributed by atoms with Gasteiger partial charge in [0.05, 0.1) is 24.5 Å². The molecule has 4 rings (SSSR count). The fourth-order valence-electron chi connectivity index (χ4n) is 3.44. The molecule has 1 aromatic heterocycles. The largest absolute Gasteiger partial charge is 0.494 e. The van der Waals surface area contributed by atoms with E-state index >= 15 is 0 Å². The van der Waals surface area contributed by atoms with Crippen LogP contribution >= 0.6 is 0 Å². The van der Waals surface area contributed by atoms with Crippen molar-refractivity contribution in [2.45, 2.75) is 13.5 Å². The number of H-pyrrole nitrogens is 1. The number of benzene rings is 3. The Labute approximate surface area is 186 Å². The van der Waals surface area contributed by atoms with Crippen LogP contribution in [0.5, 0.6) is 5.75 Å². The Morgan fingerprint density at radius 2 is 1.84 bits per heavy atom. The van der Waals surface area contributed by atoms with Gasteiger partial charge in [0.1, 0.15) is 23.2 Å². The number of aromatic amines is 1. The smallest absolute Gasteiger partial charge is 0.147 e. The SMILES string of the molecule is CCOc1ccc(F)c(N(Cc2nc(-c3ccccc3)c[nH]2)c2ccc(C(=N)N)cc2)c1. The molecule has 0 spiro atoms. The monoisotopic (exact) mass is 429 g/mol. The minimum atomic E-state index is -0.376. The Bertz CT molecular complexity index is 1200. The summed E-state index contributed by atoms with van der Waals surface area (Å²) in [6, 6.07) is 21.6. The van der Waals surface area contributed by atoms with E-state index in [1.165, 1.54) is 6.07 Å². The highest BCUT2D eigenvalue weighted by Gasteiger charge is 2.18. The lowest BCUT2D eigenvalue weighted by atomic mass is 10.1. The maximum absolute atomic E-state index is 14.9. The summed E-state index contributed by atoms with van der Waals surface area (Å²) in [7, 11) is 0. The molecule has 0 amide bonds. The molecule has 4 aromatic rings. The number of rotatable bonds is 8. The van der Waals surface area contributed by atoms with Gasteiger partial charge in [0, 0.05) is 29.1 Å². The highest BCUT2D eigenvalue weighted by atomic mass is 19.1. The fraction of sp³-hybridized carbons (Fsp3) is 0.120. The normalized spacial score (nSPS) is 10.7. The van der Waals surface area contributed by atoms with E-state index in [9.17, 15) is 4.39 Å². The number of ether oxygens (including phenoxy) is 1. The molecule has 7 heteroatoms. The van der Waals surface area contributed by atoms with Gasteiger partial charge in [-0.3, -0.25) is 5.41 Å². The summed E-state index contributed by atoms with van der Waals surface area (Å²) < 4.78 is 20.5. The quantitative estimate of drug-likeness (QED) is 0.264. The van der Waals surface area contributed by atoms with Crippen LogP contribution in [0.25, 0.3) is 11.3 Å². The van der Waals surface area contributed by atoms with Gasteiger partial charge < -0.3 is 20.4 Å². The number of hydrogen-bond donors (Lipinski definition) is 3. The first kappa shape index (κ1) is 21.1. The second-order valence-electron chi connectivity index (χ2n) is 7.19. The predicted molar refractivity (Wildman–Crippen MR) is 125 cm³/mol. The molecule has 0 aliphatic heterocycles. The van der Waals surface area contributed by atoms with Gasteiger partial charge in [-0.05, 0) is 43.3 Å². The first-order valence-corrected chi connectivity index (χ1v) is 10.3. The van der Waals surface area contributed by atoms with E-state index in [0.29, 0.717) is 36.0 Å². The number of nitrogens with one attached hydrogen (secondary N) is 2. The Kier molecular flexibility index (Phi) is 6.17. The highest BCUT2D eigenvalue weighted by Crippen LogP contribution is 2.33. The van der Waals surface area contributed by atoms with Crippen molar-refractivity contribution in [2.75, 3.05) is 11.5 Å². The van der Waals surface area contributed by atoms with Crippen molar-refractivity contribution in [3.8, 4) is 17.0 Å². The number of amidine groups is 1. The third-order valence-electron chi connectivity index (χ3n) is 5.02. The second-order valence-corrected chi connectivity index (χ2v) is 7.19. The van der Waals surface area contributed by atoms with E-state index in [2.05, 4.69) is 4.98 Å². The number of halogens is 1. The van der Waals surface area contributed by atoms with Gasteiger partial charge in [-0.25, -0.2) is 9.37 Å². The number of nitrogen functional groups attached to an aromatic ring is 1. The standard InChI is InChI=1S/C25H24FN5O/c1-2-32-20-12-13-21(26)23(14-20)31(19-10-8-18(9-11-19)25(27)28)16-24-29-15-22(30-24)17-6-4-3-5-7-17/h3-15H,2,16H2,1H3,(H3,27,28)(H,29,30). The maximum Gasteiger partial charge on any atom is 0.147 e. The van der Waals surface area contributed by atoms with Crippen LogP contribution in [0.15, 0.2) is 79.0 Å². The van der Waals surface area contributed by atoms with Crippen LogP contribution in [0.3, 0.4) is 0 Å². The lowest BCUT2D eigenvalue weighted by Crippen LogP contribution is -2.19. The molecule has 4 N–H and O–H groups in total. The average Bonchev–Trinajstić information content (AvgIpc) is 3.28. The van der Waals surface area contributed by atoms with Gasteiger partial charge in [0.25, 0.3) is 0 Å². The molecule has 6 nitrogen and oxygen atoms in total. The van der Waals surface area contributed by atoms with Crippen molar-refractivity contribution in [3.05, 3.63) is 96.2 Å². The molecule has 0 fully saturated rings. The van der Waals surface area contributed by atoms with Gasteiger partial charge in [-0.1, -0.05) is 30.3 Å². The maximum atomic E-state index is 14.9. The van der Waals surface area contributed by atoms with Crippen LogP contribution in [0, 0.1) is 11.2 Å². The second kappa shape index (κ2) is 9.34. The lowest BCUT2D eigenvalue weighted by molar-refractivity contribution is 0.339. The van der Waals surface area contributed by atoms with Gasteiger partial charge in [0.15, 0.2) is 0 Å². The van der Waals surface area contributed by atoms with Crippen molar-refractivity contribution in [1.82, 2.24) is 9.97 Å². The molecule has 0 radical (unpaired) electrons. The summed E-state index contributed by atoms with van der Waals surface area (Å²) in [5.41, 5.74) is 9.10. The van der Waals surface area contributed by atoms with E-state index < -0.39 is 0 Å². The van der Waals surface area contributed by atoms with Gasteiger partial charge in [0.2, 0.25) is 0 Å². The molecule has 3 aromatic carbocycles. The molecule has 0 unspecified atom stereocenters. The Balaban J connectivity index is 1.72. The summed E-state index contributed by atoms with van der Waals surface area (Å²) in [6.45, 7) is 2.67. The molecule has 162 valence electrons. The van der Waals surface area contributed by atoms with Crippen LogP contribution in [-0.4, -0.2) is 22.4 Å². The molecule has 0 saturated heterocycles. The van der Waals surface area contributed by atoms with Crippen molar-refractivity contribution in [1.29, 1.82) is 5.41 Å². The van der Waals surface area contributed by atoms with Crippen molar-refractivity contribution < 1.29 is 9.13 Å². The predicted octanol–water partition coefficient (Wildman–Crippen LogP) is 5.24. The molecular formula is C25H24FN5O. The van der Waals surface area contributed by atoms with E-state index in [4.69, 9.17) is 20.9 Å². The summed E-state index contributed by atoms with van der Waals surface area (Å²) in [4.78, 5) is 9.72. The first-order chi connectivity index (χ1) is 15.5. The van der Waals surface area contributed by atoms with Crippen molar-refractivity contribution >= 4 is 17.2 Å². The third kappa shape index (κ3) is 4.62. The number of hydrogen-bond acceptors (Lipinski definition) is 4. The lowest BCUT2D eigenvalue weighted by Gasteiger charge is -2.25. The minimum absolute atomic E-state index is 0.0221. The van der Waals surface area contributed by atoms with E-state index in [-0.39, 0.29) is 11.7 Å². The molecule has 0 saturated carbocycles. The molecular weight excluding hydrogens is 405 g/mol. The number of nitrogens with two attached hydrogens (primary N) is 1. The number of anilines is 2. The zero-order valence-electron chi connectivity index (χ0n) is 17.7. The van der Waals surface area contributed by atoms with Crippen LogP contribution in [0.2, 0.25) is 0 Å². The summed E-state index contributed by atoms with van der Waals surface area (Å²) in [5.74, 6) is 0.865. The minimum Gasteiger partial charge on any atom is -0.494 e. The molecule has 32 heavy (non-hydrogen) atoms.